The van der Waals surface area contributed by atoms with E-state index in [0.717, 1.165) is 0 Å². The molecule has 0 fully saturated rings. The zero-order valence-electron chi connectivity index (χ0n) is 21.1. The number of hydrogen-bond acceptors (Lipinski definition) is 1. The molecule has 9 rings (SSSR count). The maximum absolute atomic E-state index is 2.38. The maximum atomic E-state index is 2.38. The molecule has 180 valence electrons. The summed E-state index contributed by atoms with van der Waals surface area (Å²) in [6, 6.07) is 49.6. The summed E-state index contributed by atoms with van der Waals surface area (Å²) in [4.78, 5) is 0. The first-order chi connectivity index (χ1) is 19.3. The van der Waals surface area contributed by atoms with Crippen LogP contribution in [0.15, 0.2) is 133 Å². The van der Waals surface area contributed by atoms with E-state index < -0.39 is 0 Å². The van der Waals surface area contributed by atoms with E-state index in [9.17, 15) is 0 Å². The maximum Gasteiger partial charge on any atom is 0.0361 e. The van der Waals surface area contributed by atoms with E-state index >= 15 is 0 Å². The van der Waals surface area contributed by atoms with Gasteiger partial charge in [0.2, 0.25) is 0 Å². The standard InChI is InChI=1S/C38H22S/c1-2-11-31-30(10-1)33-13-6-9-27-19-29(21-35(31)38(27)33)24-8-5-7-23(17-24)25-15-16-26-22-37-34(20-28(26)18-25)32-12-3-4-14-36(32)39-37/h1-22H. The van der Waals surface area contributed by atoms with Crippen molar-refractivity contribution in [1.82, 2.24) is 0 Å². The molecule has 1 heteroatoms. The fraction of sp³-hybridized carbons (Fsp3) is 0. The quantitative estimate of drug-likeness (QED) is 0.217. The van der Waals surface area contributed by atoms with Crippen LogP contribution < -0.4 is 0 Å². The smallest absolute Gasteiger partial charge is 0.0361 e. The third-order valence-electron chi connectivity index (χ3n) is 8.35. The first kappa shape index (κ1) is 21.2. The Balaban J connectivity index is 1.19. The van der Waals surface area contributed by atoms with Gasteiger partial charge in [-0.2, -0.15) is 0 Å². The van der Waals surface area contributed by atoms with Crippen LogP contribution in [0.5, 0.6) is 0 Å². The van der Waals surface area contributed by atoms with E-state index in [1.165, 1.54) is 86.2 Å². The van der Waals surface area contributed by atoms with Crippen LogP contribution in [0, 0.1) is 0 Å². The molecule has 1 aromatic heterocycles. The minimum absolute atomic E-state index is 1.25. The van der Waals surface area contributed by atoms with E-state index in [4.69, 9.17) is 0 Å². The van der Waals surface area contributed by atoms with Gasteiger partial charge in [-0.3, -0.25) is 0 Å². The van der Waals surface area contributed by atoms with Crippen molar-refractivity contribution >= 4 is 53.1 Å². The van der Waals surface area contributed by atoms with Crippen LogP contribution in [0.3, 0.4) is 0 Å². The number of fused-ring (bicyclic) bond motifs is 7. The molecule has 0 N–H and O–H groups in total. The van der Waals surface area contributed by atoms with E-state index in [-0.39, 0.29) is 0 Å². The highest BCUT2D eigenvalue weighted by molar-refractivity contribution is 7.25. The van der Waals surface area contributed by atoms with Gasteiger partial charge in [-0.25, -0.2) is 0 Å². The van der Waals surface area contributed by atoms with Crippen molar-refractivity contribution in [2.24, 2.45) is 0 Å². The molecular formula is C38H22S. The molecule has 0 spiro atoms. The van der Waals surface area contributed by atoms with Gasteiger partial charge in [0.15, 0.2) is 0 Å². The third-order valence-corrected chi connectivity index (χ3v) is 9.48. The highest BCUT2D eigenvalue weighted by Crippen LogP contribution is 2.48. The van der Waals surface area contributed by atoms with Crippen molar-refractivity contribution in [1.29, 1.82) is 0 Å². The Hall–Kier alpha value is -4.72. The molecule has 1 aliphatic carbocycles. The Labute approximate surface area is 230 Å². The van der Waals surface area contributed by atoms with Gasteiger partial charge >= 0.3 is 0 Å². The molecule has 0 bridgehead atoms. The number of rotatable bonds is 2. The van der Waals surface area contributed by atoms with Crippen LogP contribution in [0.1, 0.15) is 0 Å². The SMILES string of the molecule is c1cc(-c2ccc3cc4sc5ccccc5c4cc3c2)cc(-c2cc3c4c(cccc4c2)-c2ccccc2-3)c1. The third kappa shape index (κ3) is 3.11. The molecule has 0 radical (unpaired) electrons. The summed E-state index contributed by atoms with van der Waals surface area (Å²) in [7, 11) is 0. The first-order valence-electron chi connectivity index (χ1n) is 13.4. The lowest BCUT2D eigenvalue weighted by Crippen LogP contribution is -1.84. The number of hydrogen-bond donors (Lipinski definition) is 0. The van der Waals surface area contributed by atoms with Gasteiger partial charge in [0.1, 0.15) is 0 Å². The highest BCUT2D eigenvalue weighted by Gasteiger charge is 2.21. The molecule has 0 saturated carbocycles. The average Bonchev–Trinajstić information content (AvgIpc) is 3.52. The molecule has 8 aromatic rings. The van der Waals surface area contributed by atoms with E-state index in [0.29, 0.717) is 0 Å². The lowest BCUT2D eigenvalue weighted by Gasteiger charge is -2.11. The van der Waals surface area contributed by atoms with Crippen LogP contribution in [0.4, 0.5) is 0 Å². The molecule has 0 unspecified atom stereocenters. The molecule has 0 aliphatic heterocycles. The largest absolute Gasteiger partial charge is 0.135 e. The van der Waals surface area contributed by atoms with Crippen LogP contribution in [-0.4, -0.2) is 0 Å². The predicted molar refractivity (Wildman–Crippen MR) is 170 cm³/mol. The van der Waals surface area contributed by atoms with Crippen molar-refractivity contribution in [3.05, 3.63) is 133 Å². The molecule has 1 aliphatic rings. The molecule has 39 heavy (non-hydrogen) atoms. The Kier molecular flexibility index (Phi) is 4.30. The lowest BCUT2D eigenvalue weighted by molar-refractivity contribution is 1.62. The van der Waals surface area contributed by atoms with Crippen molar-refractivity contribution < 1.29 is 0 Å². The minimum atomic E-state index is 1.25. The van der Waals surface area contributed by atoms with Gasteiger partial charge in [0.05, 0.1) is 0 Å². The van der Waals surface area contributed by atoms with Crippen LogP contribution in [0.25, 0.3) is 86.2 Å². The molecule has 0 saturated heterocycles. The van der Waals surface area contributed by atoms with E-state index in [2.05, 4.69) is 133 Å². The summed E-state index contributed by atoms with van der Waals surface area (Å²) >= 11 is 1.88. The topological polar surface area (TPSA) is 0 Å². The van der Waals surface area contributed by atoms with Crippen LogP contribution in [-0.2, 0) is 0 Å². The van der Waals surface area contributed by atoms with E-state index in [1.807, 2.05) is 11.3 Å². The van der Waals surface area contributed by atoms with Crippen molar-refractivity contribution in [2.75, 3.05) is 0 Å². The molecule has 0 amide bonds. The number of thiophene rings is 1. The summed E-state index contributed by atoms with van der Waals surface area (Å²) in [6.45, 7) is 0. The second-order valence-corrected chi connectivity index (χ2v) is 11.6. The average molecular weight is 511 g/mol. The zero-order chi connectivity index (χ0) is 25.5. The van der Waals surface area contributed by atoms with Crippen LogP contribution >= 0.6 is 11.3 Å². The predicted octanol–water partition coefficient (Wildman–Crippen LogP) is 11.3. The molecule has 0 atom stereocenters. The Morgan fingerprint density at radius 3 is 1.97 bits per heavy atom. The van der Waals surface area contributed by atoms with Crippen molar-refractivity contribution in [3.63, 3.8) is 0 Å². The van der Waals surface area contributed by atoms with Gasteiger partial charge in [0, 0.05) is 20.2 Å². The second kappa shape index (κ2) is 7.89. The molecular weight excluding hydrogens is 488 g/mol. The van der Waals surface area contributed by atoms with Gasteiger partial charge in [0.25, 0.3) is 0 Å². The second-order valence-electron chi connectivity index (χ2n) is 10.6. The Bertz CT molecular complexity index is 2280. The van der Waals surface area contributed by atoms with Gasteiger partial charge in [-0.05, 0) is 109 Å². The summed E-state index contributed by atoms with van der Waals surface area (Å²) < 4.78 is 2.71. The van der Waals surface area contributed by atoms with Crippen molar-refractivity contribution in [2.45, 2.75) is 0 Å². The zero-order valence-corrected chi connectivity index (χ0v) is 21.9. The summed E-state index contributed by atoms with van der Waals surface area (Å²) in [5.74, 6) is 0. The fourth-order valence-corrected chi connectivity index (χ4v) is 7.65. The summed E-state index contributed by atoms with van der Waals surface area (Å²) in [5.41, 5.74) is 10.4. The lowest BCUT2D eigenvalue weighted by atomic mass is 9.93. The fourth-order valence-electron chi connectivity index (χ4n) is 6.51. The first-order valence-corrected chi connectivity index (χ1v) is 14.2. The van der Waals surface area contributed by atoms with Gasteiger partial charge in [-0.15, -0.1) is 11.3 Å². The van der Waals surface area contributed by atoms with Gasteiger partial charge in [-0.1, -0.05) is 91.0 Å². The molecule has 0 nitrogen and oxygen atoms in total. The Morgan fingerprint density at radius 1 is 0.333 bits per heavy atom. The van der Waals surface area contributed by atoms with Gasteiger partial charge < -0.3 is 0 Å². The monoisotopic (exact) mass is 510 g/mol. The molecule has 7 aromatic carbocycles. The van der Waals surface area contributed by atoms with Crippen molar-refractivity contribution in [3.8, 4) is 44.5 Å². The Morgan fingerprint density at radius 2 is 1.05 bits per heavy atom. The van der Waals surface area contributed by atoms with E-state index in [1.54, 1.807) is 0 Å². The minimum Gasteiger partial charge on any atom is -0.135 e. The normalized spacial score (nSPS) is 12.1. The highest BCUT2D eigenvalue weighted by atomic mass is 32.1. The molecule has 1 heterocycles. The number of benzene rings is 7. The summed E-state index contributed by atoms with van der Waals surface area (Å²) in [6.07, 6.45) is 0. The summed E-state index contributed by atoms with van der Waals surface area (Å²) in [5, 5.41) is 7.96. The van der Waals surface area contributed by atoms with Crippen LogP contribution in [0.2, 0.25) is 0 Å².